The van der Waals surface area contributed by atoms with E-state index in [0.717, 1.165) is 27.8 Å². The molecule has 3 heterocycles. The number of esters is 1. The highest BCUT2D eigenvalue weighted by atomic mass is 32.2. The molecule has 5 rings (SSSR count). The number of thioether (sulfide) groups is 1. The number of furan rings is 1. The molecule has 0 atom stereocenters. The Hall–Kier alpha value is -3.98. The predicted octanol–water partition coefficient (Wildman–Crippen LogP) is 4.61. The van der Waals surface area contributed by atoms with Crippen molar-refractivity contribution >= 4 is 28.6 Å². The van der Waals surface area contributed by atoms with E-state index in [-0.39, 0.29) is 0 Å². The minimum absolute atomic E-state index is 0.383. The monoisotopic (exact) mass is 457 g/mol. The van der Waals surface area contributed by atoms with Crippen molar-refractivity contribution in [1.29, 1.82) is 0 Å². The number of ether oxygens (including phenoxy) is 1. The molecule has 0 bridgehead atoms. The lowest BCUT2D eigenvalue weighted by molar-refractivity contribution is 0.0600. The van der Waals surface area contributed by atoms with Gasteiger partial charge in [0.1, 0.15) is 12.3 Å². The predicted molar refractivity (Wildman–Crippen MR) is 124 cm³/mol. The molecule has 0 aliphatic carbocycles. The van der Waals surface area contributed by atoms with Gasteiger partial charge in [-0.25, -0.2) is 9.48 Å². The molecular weight excluding hydrogens is 438 g/mol. The van der Waals surface area contributed by atoms with Crippen LogP contribution in [0.3, 0.4) is 0 Å². The SMILES string of the molecule is COC(=O)c1c(CSc2nnnn2Cc2ccco2)nc2ccccc2c1-c1ccccc1. The van der Waals surface area contributed by atoms with Gasteiger partial charge in [-0.15, -0.1) is 5.10 Å². The van der Waals surface area contributed by atoms with Crippen LogP contribution in [-0.2, 0) is 17.0 Å². The maximum absolute atomic E-state index is 13.0. The molecule has 9 heteroatoms. The molecule has 3 aromatic heterocycles. The van der Waals surface area contributed by atoms with Crippen molar-refractivity contribution in [3.63, 3.8) is 0 Å². The second-order valence-electron chi connectivity index (χ2n) is 7.17. The normalized spacial score (nSPS) is 11.1. The van der Waals surface area contributed by atoms with E-state index in [1.54, 1.807) is 10.9 Å². The molecule has 164 valence electrons. The van der Waals surface area contributed by atoms with Gasteiger partial charge in [0.15, 0.2) is 0 Å². The van der Waals surface area contributed by atoms with Crippen LogP contribution in [0.4, 0.5) is 0 Å². The highest BCUT2D eigenvalue weighted by Crippen LogP contribution is 2.35. The Kier molecular flexibility index (Phi) is 5.86. The van der Waals surface area contributed by atoms with E-state index in [9.17, 15) is 4.79 Å². The van der Waals surface area contributed by atoms with Gasteiger partial charge < -0.3 is 9.15 Å². The Morgan fingerprint density at radius 3 is 2.67 bits per heavy atom. The summed E-state index contributed by atoms with van der Waals surface area (Å²) in [7, 11) is 1.38. The Bertz CT molecular complexity index is 1400. The summed E-state index contributed by atoms with van der Waals surface area (Å²) in [5.74, 6) is 0.695. The number of hydrogen-bond donors (Lipinski definition) is 0. The standard InChI is InChI=1S/C24H19N5O3S/c1-31-23(30)22-20(15-33-24-26-27-28-29(24)14-17-10-7-13-32-17)25-19-12-6-5-11-18(19)21(22)16-8-3-2-4-9-16/h2-13H,14-15H2,1H3. The molecule has 0 unspecified atom stereocenters. The maximum Gasteiger partial charge on any atom is 0.340 e. The number of benzene rings is 2. The zero-order chi connectivity index (χ0) is 22.6. The minimum Gasteiger partial charge on any atom is -0.467 e. The highest BCUT2D eigenvalue weighted by Gasteiger charge is 2.23. The minimum atomic E-state index is -0.433. The van der Waals surface area contributed by atoms with Crippen LogP contribution in [0.25, 0.3) is 22.0 Å². The van der Waals surface area contributed by atoms with Gasteiger partial charge in [-0.3, -0.25) is 4.98 Å². The van der Waals surface area contributed by atoms with Crippen LogP contribution in [0.2, 0.25) is 0 Å². The molecule has 8 nitrogen and oxygen atoms in total. The van der Waals surface area contributed by atoms with E-state index in [1.807, 2.05) is 66.7 Å². The van der Waals surface area contributed by atoms with Crippen molar-refractivity contribution in [1.82, 2.24) is 25.2 Å². The lowest BCUT2D eigenvalue weighted by atomic mass is 9.94. The van der Waals surface area contributed by atoms with Crippen LogP contribution >= 0.6 is 11.8 Å². The Balaban J connectivity index is 1.58. The van der Waals surface area contributed by atoms with Crippen LogP contribution in [-0.4, -0.2) is 38.3 Å². The fourth-order valence-electron chi connectivity index (χ4n) is 3.68. The fourth-order valence-corrected chi connectivity index (χ4v) is 4.49. The molecule has 0 saturated heterocycles. The summed E-state index contributed by atoms with van der Waals surface area (Å²) in [5, 5.41) is 13.5. The van der Waals surface area contributed by atoms with E-state index < -0.39 is 5.97 Å². The first kappa shape index (κ1) is 20.9. The summed E-state index contributed by atoms with van der Waals surface area (Å²) in [5.41, 5.74) is 3.58. The third-order valence-electron chi connectivity index (χ3n) is 5.14. The van der Waals surface area contributed by atoms with Gasteiger partial charge in [-0.2, -0.15) is 0 Å². The number of aromatic nitrogens is 5. The van der Waals surface area contributed by atoms with Crippen molar-refractivity contribution < 1.29 is 13.9 Å². The molecule has 2 aromatic carbocycles. The summed E-state index contributed by atoms with van der Waals surface area (Å²) in [4.78, 5) is 17.8. The Labute approximate surface area is 193 Å². The van der Waals surface area contributed by atoms with E-state index >= 15 is 0 Å². The number of para-hydroxylation sites is 1. The molecule has 0 radical (unpaired) electrons. The third kappa shape index (κ3) is 4.22. The van der Waals surface area contributed by atoms with Gasteiger partial charge >= 0.3 is 5.97 Å². The Morgan fingerprint density at radius 2 is 1.88 bits per heavy atom. The first-order chi connectivity index (χ1) is 16.2. The summed E-state index contributed by atoms with van der Waals surface area (Å²) < 4.78 is 12.2. The van der Waals surface area contributed by atoms with Crippen LogP contribution in [0, 0.1) is 0 Å². The molecule has 0 spiro atoms. The average molecular weight is 458 g/mol. The van der Waals surface area contributed by atoms with Gasteiger partial charge in [0.2, 0.25) is 5.16 Å². The first-order valence-corrected chi connectivity index (χ1v) is 11.2. The van der Waals surface area contributed by atoms with E-state index in [0.29, 0.717) is 28.7 Å². The summed E-state index contributed by atoms with van der Waals surface area (Å²) in [6.45, 7) is 0.409. The largest absolute Gasteiger partial charge is 0.467 e. The lowest BCUT2D eigenvalue weighted by Crippen LogP contribution is -2.11. The lowest BCUT2D eigenvalue weighted by Gasteiger charge is -2.16. The van der Waals surface area contributed by atoms with Crippen molar-refractivity contribution in [2.24, 2.45) is 0 Å². The molecule has 0 aliphatic heterocycles. The van der Waals surface area contributed by atoms with Gasteiger partial charge in [-0.05, 0) is 34.2 Å². The fraction of sp³-hybridized carbons (Fsp3) is 0.125. The number of hydrogen-bond acceptors (Lipinski definition) is 8. The van der Waals surface area contributed by atoms with Gasteiger partial charge in [-0.1, -0.05) is 60.3 Å². The van der Waals surface area contributed by atoms with Crippen LogP contribution in [0.1, 0.15) is 21.8 Å². The van der Waals surface area contributed by atoms with Gasteiger partial charge in [0.05, 0.1) is 30.1 Å². The summed E-state index contributed by atoms with van der Waals surface area (Å²) >= 11 is 1.40. The number of carbonyl (C=O) groups is 1. The van der Waals surface area contributed by atoms with Gasteiger partial charge in [0.25, 0.3) is 0 Å². The number of rotatable bonds is 7. The summed E-state index contributed by atoms with van der Waals surface area (Å²) in [6.07, 6.45) is 1.61. The quantitative estimate of drug-likeness (QED) is 0.258. The van der Waals surface area contributed by atoms with Gasteiger partial charge in [0, 0.05) is 16.7 Å². The van der Waals surface area contributed by atoms with E-state index in [1.165, 1.54) is 18.9 Å². The second-order valence-corrected chi connectivity index (χ2v) is 8.11. The zero-order valence-corrected chi connectivity index (χ0v) is 18.5. The van der Waals surface area contributed by atoms with E-state index in [4.69, 9.17) is 14.1 Å². The number of methoxy groups -OCH3 is 1. The Morgan fingerprint density at radius 1 is 1.06 bits per heavy atom. The number of carbonyl (C=O) groups excluding carboxylic acids is 1. The van der Waals surface area contributed by atoms with Crippen LogP contribution in [0.15, 0.2) is 82.6 Å². The van der Waals surface area contributed by atoms with Crippen LogP contribution in [0.5, 0.6) is 0 Å². The smallest absolute Gasteiger partial charge is 0.340 e. The molecule has 0 N–H and O–H groups in total. The zero-order valence-electron chi connectivity index (χ0n) is 17.7. The third-order valence-corrected chi connectivity index (χ3v) is 6.11. The molecule has 0 amide bonds. The summed E-state index contributed by atoms with van der Waals surface area (Å²) in [6, 6.07) is 21.3. The number of tetrazole rings is 1. The van der Waals surface area contributed by atoms with Crippen molar-refractivity contribution in [3.05, 3.63) is 90.0 Å². The highest BCUT2D eigenvalue weighted by molar-refractivity contribution is 7.98. The van der Waals surface area contributed by atoms with Crippen molar-refractivity contribution in [2.75, 3.05) is 7.11 Å². The first-order valence-electron chi connectivity index (χ1n) is 10.2. The van der Waals surface area contributed by atoms with Crippen molar-refractivity contribution in [3.8, 4) is 11.1 Å². The molecule has 5 aromatic rings. The average Bonchev–Trinajstić information content (AvgIpc) is 3.54. The van der Waals surface area contributed by atoms with E-state index in [2.05, 4.69) is 15.5 Å². The number of fused-ring (bicyclic) bond motifs is 1. The molecule has 0 saturated carbocycles. The second kappa shape index (κ2) is 9.25. The maximum atomic E-state index is 13.0. The number of nitrogens with zero attached hydrogens (tertiary/aromatic N) is 5. The molecular formula is C24H19N5O3S. The topological polar surface area (TPSA) is 95.9 Å². The molecule has 33 heavy (non-hydrogen) atoms. The van der Waals surface area contributed by atoms with Crippen molar-refractivity contribution in [2.45, 2.75) is 17.5 Å². The van der Waals surface area contributed by atoms with Crippen LogP contribution < -0.4 is 0 Å². The number of pyridine rings is 1. The molecule has 0 fully saturated rings. The molecule has 0 aliphatic rings.